The standard InChI is InChI=1S/C16H25N3O/c1-4-6-9-19(13-7-8-13)16(20)14-11-18-12(3)10-15(14)17-5-2/h10-11,13H,4-9H2,1-3H3,(H,17,18). The van der Waals surface area contributed by atoms with E-state index in [-0.39, 0.29) is 5.91 Å². The lowest BCUT2D eigenvalue weighted by molar-refractivity contribution is 0.0741. The van der Waals surface area contributed by atoms with Gasteiger partial charge in [-0.1, -0.05) is 13.3 Å². The van der Waals surface area contributed by atoms with E-state index in [1.165, 1.54) is 0 Å². The molecule has 0 aliphatic heterocycles. The van der Waals surface area contributed by atoms with E-state index in [2.05, 4.69) is 17.2 Å². The number of hydrogen-bond donors (Lipinski definition) is 1. The Hall–Kier alpha value is -1.58. The minimum Gasteiger partial charge on any atom is -0.385 e. The third-order valence-electron chi connectivity index (χ3n) is 3.64. The summed E-state index contributed by atoms with van der Waals surface area (Å²) in [6, 6.07) is 2.41. The fourth-order valence-corrected chi connectivity index (χ4v) is 2.39. The van der Waals surface area contributed by atoms with Gasteiger partial charge in [0.1, 0.15) is 0 Å². The molecule has 0 spiro atoms. The molecule has 0 saturated heterocycles. The van der Waals surface area contributed by atoms with Gasteiger partial charge < -0.3 is 10.2 Å². The molecule has 0 radical (unpaired) electrons. The van der Waals surface area contributed by atoms with Gasteiger partial charge in [-0.25, -0.2) is 0 Å². The summed E-state index contributed by atoms with van der Waals surface area (Å²) in [5, 5.41) is 3.28. The van der Waals surface area contributed by atoms with Crippen molar-refractivity contribution in [3.63, 3.8) is 0 Å². The van der Waals surface area contributed by atoms with Gasteiger partial charge in [-0.05, 0) is 39.2 Å². The highest BCUT2D eigenvalue weighted by Gasteiger charge is 2.33. The Bertz CT molecular complexity index is 469. The quantitative estimate of drug-likeness (QED) is 0.831. The van der Waals surface area contributed by atoms with Gasteiger partial charge in [0, 0.05) is 31.0 Å². The molecule has 1 amide bonds. The molecule has 1 N–H and O–H groups in total. The van der Waals surface area contributed by atoms with Crippen molar-refractivity contribution in [1.82, 2.24) is 9.88 Å². The average Bonchev–Trinajstić information content (AvgIpc) is 3.24. The number of aromatic nitrogens is 1. The molecule has 2 rings (SSSR count). The van der Waals surface area contributed by atoms with Crippen molar-refractivity contribution in [1.29, 1.82) is 0 Å². The van der Waals surface area contributed by atoms with Crippen LogP contribution in [0.2, 0.25) is 0 Å². The number of aryl methyl sites for hydroxylation is 1. The minimum absolute atomic E-state index is 0.129. The molecule has 1 aliphatic carbocycles. The van der Waals surface area contributed by atoms with Crippen molar-refractivity contribution in [2.75, 3.05) is 18.4 Å². The van der Waals surface area contributed by atoms with Crippen molar-refractivity contribution in [2.45, 2.75) is 52.5 Å². The Kier molecular flexibility index (Phi) is 4.99. The maximum atomic E-state index is 12.8. The van der Waals surface area contributed by atoms with Crippen LogP contribution < -0.4 is 5.32 Å². The van der Waals surface area contributed by atoms with E-state index in [4.69, 9.17) is 0 Å². The van der Waals surface area contributed by atoms with E-state index >= 15 is 0 Å². The van der Waals surface area contributed by atoms with E-state index < -0.39 is 0 Å². The second-order valence-corrected chi connectivity index (χ2v) is 5.48. The number of unbranched alkanes of at least 4 members (excludes halogenated alkanes) is 1. The van der Waals surface area contributed by atoms with Crippen molar-refractivity contribution >= 4 is 11.6 Å². The Morgan fingerprint density at radius 2 is 2.20 bits per heavy atom. The average molecular weight is 275 g/mol. The molecule has 0 atom stereocenters. The molecule has 1 aliphatic rings. The fraction of sp³-hybridized carbons (Fsp3) is 0.625. The van der Waals surface area contributed by atoms with Gasteiger partial charge in [0.2, 0.25) is 0 Å². The summed E-state index contributed by atoms with van der Waals surface area (Å²) in [5.74, 6) is 0.129. The maximum absolute atomic E-state index is 12.8. The van der Waals surface area contributed by atoms with Gasteiger partial charge in [0.15, 0.2) is 0 Å². The SMILES string of the molecule is CCCCN(C(=O)c1cnc(C)cc1NCC)C1CC1. The molecule has 110 valence electrons. The van der Waals surface area contributed by atoms with Crippen molar-refractivity contribution in [3.8, 4) is 0 Å². The predicted molar refractivity (Wildman–Crippen MR) is 82.1 cm³/mol. The second-order valence-electron chi connectivity index (χ2n) is 5.48. The van der Waals surface area contributed by atoms with Gasteiger partial charge in [0.25, 0.3) is 5.91 Å². The van der Waals surface area contributed by atoms with Crippen LogP contribution in [0.5, 0.6) is 0 Å². The van der Waals surface area contributed by atoms with Crippen molar-refractivity contribution < 1.29 is 4.79 Å². The van der Waals surface area contributed by atoms with Crippen LogP contribution >= 0.6 is 0 Å². The summed E-state index contributed by atoms with van der Waals surface area (Å²) in [4.78, 5) is 19.1. The van der Waals surface area contributed by atoms with E-state index in [9.17, 15) is 4.79 Å². The van der Waals surface area contributed by atoms with E-state index in [0.717, 1.165) is 50.2 Å². The predicted octanol–water partition coefficient (Wildman–Crippen LogP) is 3.23. The first kappa shape index (κ1) is 14.8. The van der Waals surface area contributed by atoms with Gasteiger partial charge in [-0.2, -0.15) is 0 Å². The number of nitrogens with zero attached hydrogens (tertiary/aromatic N) is 2. The smallest absolute Gasteiger partial charge is 0.257 e. The molecule has 4 heteroatoms. The van der Waals surface area contributed by atoms with Crippen LogP contribution in [-0.4, -0.2) is 34.9 Å². The lowest BCUT2D eigenvalue weighted by atomic mass is 10.1. The Balaban J connectivity index is 2.21. The van der Waals surface area contributed by atoms with Crippen molar-refractivity contribution in [2.24, 2.45) is 0 Å². The monoisotopic (exact) mass is 275 g/mol. The first-order valence-electron chi connectivity index (χ1n) is 7.68. The number of hydrogen-bond acceptors (Lipinski definition) is 3. The van der Waals surface area contributed by atoms with Crippen LogP contribution in [0.1, 0.15) is 55.6 Å². The van der Waals surface area contributed by atoms with Gasteiger partial charge >= 0.3 is 0 Å². The molecule has 4 nitrogen and oxygen atoms in total. The molecule has 1 heterocycles. The number of pyridine rings is 1. The summed E-state index contributed by atoms with van der Waals surface area (Å²) in [6.45, 7) is 7.82. The normalized spacial score (nSPS) is 14.2. The van der Waals surface area contributed by atoms with Crippen LogP contribution in [0.15, 0.2) is 12.3 Å². The zero-order valence-corrected chi connectivity index (χ0v) is 12.8. The maximum Gasteiger partial charge on any atom is 0.257 e. The topological polar surface area (TPSA) is 45.2 Å². The lowest BCUT2D eigenvalue weighted by Crippen LogP contribution is -2.34. The lowest BCUT2D eigenvalue weighted by Gasteiger charge is -2.23. The van der Waals surface area contributed by atoms with E-state index in [0.29, 0.717) is 11.6 Å². The minimum atomic E-state index is 0.129. The molecule has 1 aromatic heterocycles. The summed E-state index contributed by atoms with van der Waals surface area (Å²) >= 11 is 0. The van der Waals surface area contributed by atoms with Crippen LogP contribution in [-0.2, 0) is 0 Å². The van der Waals surface area contributed by atoms with Crippen LogP contribution in [0, 0.1) is 6.92 Å². The molecule has 20 heavy (non-hydrogen) atoms. The van der Waals surface area contributed by atoms with Gasteiger partial charge in [0.05, 0.1) is 11.3 Å². The molecule has 1 aromatic rings. The van der Waals surface area contributed by atoms with Gasteiger partial charge in [-0.15, -0.1) is 0 Å². The summed E-state index contributed by atoms with van der Waals surface area (Å²) < 4.78 is 0. The Labute approximate surface area is 121 Å². The Morgan fingerprint density at radius 3 is 2.80 bits per heavy atom. The highest BCUT2D eigenvalue weighted by Crippen LogP contribution is 2.30. The number of carbonyl (C=O) groups is 1. The molecular weight excluding hydrogens is 250 g/mol. The molecule has 1 saturated carbocycles. The second kappa shape index (κ2) is 6.73. The largest absolute Gasteiger partial charge is 0.385 e. The number of amides is 1. The molecule has 0 aromatic carbocycles. The van der Waals surface area contributed by atoms with E-state index in [1.54, 1.807) is 6.20 Å². The van der Waals surface area contributed by atoms with E-state index in [1.807, 2.05) is 24.8 Å². The first-order chi connectivity index (χ1) is 9.67. The zero-order chi connectivity index (χ0) is 14.5. The molecule has 1 fully saturated rings. The fourth-order valence-electron chi connectivity index (χ4n) is 2.39. The highest BCUT2D eigenvalue weighted by atomic mass is 16.2. The number of carbonyl (C=O) groups excluding carboxylic acids is 1. The van der Waals surface area contributed by atoms with Crippen molar-refractivity contribution in [3.05, 3.63) is 23.5 Å². The highest BCUT2D eigenvalue weighted by molar-refractivity contribution is 5.99. The molecule has 0 unspecified atom stereocenters. The first-order valence-corrected chi connectivity index (χ1v) is 7.68. The number of anilines is 1. The third kappa shape index (κ3) is 3.50. The van der Waals surface area contributed by atoms with Crippen LogP contribution in [0.25, 0.3) is 0 Å². The zero-order valence-electron chi connectivity index (χ0n) is 12.8. The summed E-state index contributed by atoms with van der Waals surface area (Å²) in [5.41, 5.74) is 2.55. The van der Waals surface area contributed by atoms with Crippen LogP contribution in [0.4, 0.5) is 5.69 Å². The number of nitrogens with one attached hydrogen (secondary N) is 1. The van der Waals surface area contributed by atoms with Gasteiger partial charge in [-0.3, -0.25) is 9.78 Å². The summed E-state index contributed by atoms with van der Waals surface area (Å²) in [7, 11) is 0. The molecular formula is C16H25N3O. The molecule has 0 bridgehead atoms. The summed E-state index contributed by atoms with van der Waals surface area (Å²) in [6.07, 6.45) is 6.19. The number of rotatable bonds is 7. The third-order valence-corrected chi connectivity index (χ3v) is 3.64. The van der Waals surface area contributed by atoms with Crippen LogP contribution in [0.3, 0.4) is 0 Å². The Morgan fingerprint density at radius 1 is 1.45 bits per heavy atom.